The van der Waals surface area contributed by atoms with Gasteiger partial charge in [-0.15, -0.1) is 0 Å². The molecule has 0 bridgehead atoms. The fourth-order valence-corrected chi connectivity index (χ4v) is 3.76. The molecule has 0 radical (unpaired) electrons. The van der Waals surface area contributed by atoms with Gasteiger partial charge in [-0.2, -0.15) is 0 Å². The second-order valence-corrected chi connectivity index (χ2v) is 7.57. The maximum Gasteiger partial charge on any atom is 0.255 e. The second-order valence-electron chi connectivity index (χ2n) is 7.57. The van der Waals surface area contributed by atoms with Gasteiger partial charge in [0.2, 0.25) is 5.91 Å². The number of amides is 2. The smallest absolute Gasteiger partial charge is 0.255 e. The predicted octanol–water partition coefficient (Wildman–Crippen LogP) is 3.54. The molecule has 0 aromatic heterocycles. The number of halogens is 1. The van der Waals surface area contributed by atoms with Crippen molar-refractivity contribution in [2.75, 3.05) is 18.5 Å². The van der Waals surface area contributed by atoms with Gasteiger partial charge >= 0.3 is 0 Å². The van der Waals surface area contributed by atoms with Crippen molar-refractivity contribution in [3.8, 4) is 0 Å². The van der Waals surface area contributed by atoms with E-state index in [0.717, 1.165) is 11.1 Å². The Kier molecular flexibility index (Phi) is 6.58. The Morgan fingerprint density at radius 2 is 1.72 bits per heavy atom. The number of hydrogen-bond acceptors (Lipinski definition) is 4. The van der Waals surface area contributed by atoms with Crippen molar-refractivity contribution < 1.29 is 23.8 Å². The minimum atomic E-state index is -0.592. The van der Waals surface area contributed by atoms with E-state index in [0.29, 0.717) is 11.3 Å². The van der Waals surface area contributed by atoms with Crippen LogP contribution in [0.3, 0.4) is 0 Å². The van der Waals surface area contributed by atoms with Crippen molar-refractivity contribution >= 4 is 17.5 Å². The van der Waals surface area contributed by atoms with Gasteiger partial charge in [-0.3, -0.25) is 9.59 Å². The summed E-state index contributed by atoms with van der Waals surface area (Å²) >= 11 is 0. The lowest BCUT2D eigenvalue weighted by Gasteiger charge is -2.40. The van der Waals surface area contributed by atoms with E-state index in [1.807, 2.05) is 6.07 Å². The van der Waals surface area contributed by atoms with Crippen molar-refractivity contribution in [1.82, 2.24) is 4.90 Å². The van der Waals surface area contributed by atoms with Crippen LogP contribution in [-0.2, 0) is 16.1 Å². The standard InChI is InChI=1S/C25H23FN2O4/c26-20-10-6-17(7-11-20)14-28-22(15-29)24(32-16-23(28)30)18-8-12-21(13-9-18)27-25(31)19-4-2-1-3-5-19/h1-13,22,24,29H,14-16H2,(H,27,31). The van der Waals surface area contributed by atoms with Gasteiger partial charge in [0.25, 0.3) is 5.91 Å². The second kappa shape index (κ2) is 9.72. The zero-order chi connectivity index (χ0) is 22.5. The average Bonchev–Trinajstić information content (AvgIpc) is 2.82. The van der Waals surface area contributed by atoms with Gasteiger partial charge in [0.1, 0.15) is 18.5 Å². The van der Waals surface area contributed by atoms with Crippen LogP contribution in [0.15, 0.2) is 78.9 Å². The topological polar surface area (TPSA) is 78.9 Å². The van der Waals surface area contributed by atoms with Gasteiger partial charge in [-0.05, 0) is 47.5 Å². The molecule has 4 rings (SSSR count). The molecule has 2 N–H and O–H groups in total. The summed E-state index contributed by atoms with van der Waals surface area (Å²) in [6.07, 6.45) is -0.531. The number of carbonyl (C=O) groups excluding carboxylic acids is 2. The first-order chi connectivity index (χ1) is 15.5. The quantitative estimate of drug-likeness (QED) is 0.622. The summed E-state index contributed by atoms with van der Waals surface area (Å²) in [5.74, 6) is -0.800. The molecule has 7 heteroatoms. The Balaban J connectivity index is 1.48. The maximum atomic E-state index is 13.2. The minimum absolute atomic E-state index is 0.116. The van der Waals surface area contributed by atoms with E-state index in [1.165, 1.54) is 12.1 Å². The van der Waals surface area contributed by atoms with Crippen LogP contribution in [0.4, 0.5) is 10.1 Å². The summed E-state index contributed by atoms with van der Waals surface area (Å²) < 4.78 is 19.0. The molecule has 0 aliphatic carbocycles. The molecule has 3 aromatic carbocycles. The van der Waals surface area contributed by atoms with Gasteiger partial charge in [0.05, 0.1) is 12.6 Å². The highest BCUT2D eigenvalue weighted by Gasteiger charge is 2.37. The van der Waals surface area contributed by atoms with E-state index in [9.17, 15) is 19.1 Å². The summed E-state index contributed by atoms with van der Waals surface area (Å²) in [6.45, 7) is -0.158. The number of morpholine rings is 1. The molecule has 0 spiro atoms. The van der Waals surface area contributed by atoms with Gasteiger partial charge in [0.15, 0.2) is 0 Å². The Hall–Kier alpha value is -3.55. The number of hydrogen-bond donors (Lipinski definition) is 2. The largest absolute Gasteiger partial charge is 0.394 e. The zero-order valence-electron chi connectivity index (χ0n) is 17.3. The lowest BCUT2D eigenvalue weighted by Crippen LogP contribution is -2.52. The van der Waals surface area contributed by atoms with E-state index in [-0.39, 0.29) is 37.4 Å². The summed E-state index contributed by atoms with van der Waals surface area (Å²) in [5.41, 5.74) is 2.72. The summed E-state index contributed by atoms with van der Waals surface area (Å²) in [6, 6.07) is 21.4. The van der Waals surface area contributed by atoms with E-state index in [1.54, 1.807) is 65.6 Å². The molecule has 1 aliphatic heterocycles. The normalized spacial score (nSPS) is 18.4. The maximum absolute atomic E-state index is 13.2. The highest BCUT2D eigenvalue weighted by molar-refractivity contribution is 6.04. The highest BCUT2D eigenvalue weighted by Crippen LogP contribution is 2.31. The Labute approximate surface area is 185 Å². The first kappa shape index (κ1) is 21.7. The Morgan fingerprint density at radius 1 is 1.03 bits per heavy atom. The molecule has 0 saturated carbocycles. The number of aliphatic hydroxyl groups is 1. The highest BCUT2D eigenvalue weighted by atomic mass is 19.1. The Morgan fingerprint density at radius 3 is 2.38 bits per heavy atom. The van der Waals surface area contributed by atoms with Gasteiger partial charge in [-0.25, -0.2) is 4.39 Å². The number of anilines is 1. The first-order valence-electron chi connectivity index (χ1n) is 10.3. The van der Waals surface area contributed by atoms with Gasteiger partial charge in [-0.1, -0.05) is 42.5 Å². The molecule has 1 heterocycles. The van der Waals surface area contributed by atoms with Crippen molar-refractivity contribution in [2.24, 2.45) is 0 Å². The number of aliphatic hydroxyl groups excluding tert-OH is 1. The summed E-state index contributed by atoms with van der Waals surface area (Å²) in [7, 11) is 0. The number of rotatable bonds is 6. The van der Waals surface area contributed by atoms with Crippen molar-refractivity contribution in [3.63, 3.8) is 0 Å². The van der Waals surface area contributed by atoms with Crippen molar-refractivity contribution in [1.29, 1.82) is 0 Å². The van der Waals surface area contributed by atoms with Crippen LogP contribution in [0, 0.1) is 5.82 Å². The fourth-order valence-electron chi connectivity index (χ4n) is 3.76. The zero-order valence-corrected chi connectivity index (χ0v) is 17.3. The van der Waals surface area contributed by atoms with E-state index < -0.39 is 12.1 Å². The number of nitrogens with zero attached hydrogens (tertiary/aromatic N) is 1. The average molecular weight is 434 g/mol. The molecular formula is C25H23FN2O4. The van der Waals surface area contributed by atoms with Gasteiger partial charge < -0.3 is 20.1 Å². The van der Waals surface area contributed by atoms with Crippen LogP contribution < -0.4 is 5.32 Å². The molecule has 2 amide bonds. The molecule has 3 aromatic rings. The number of benzene rings is 3. The lowest BCUT2D eigenvalue weighted by atomic mass is 9.98. The van der Waals surface area contributed by atoms with Crippen LogP contribution in [0.25, 0.3) is 0 Å². The molecule has 1 saturated heterocycles. The molecule has 2 atom stereocenters. The van der Waals surface area contributed by atoms with E-state index >= 15 is 0 Å². The van der Waals surface area contributed by atoms with E-state index in [2.05, 4.69) is 5.32 Å². The first-order valence-corrected chi connectivity index (χ1v) is 10.3. The molecule has 2 unspecified atom stereocenters. The third-order valence-corrected chi connectivity index (χ3v) is 5.44. The number of nitrogens with one attached hydrogen (secondary N) is 1. The number of carbonyl (C=O) groups is 2. The molecule has 6 nitrogen and oxygen atoms in total. The molecule has 1 fully saturated rings. The van der Waals surface area contributed by atoms with Crippen molar-refractivity contribution in [2.45, 2.75) is 18.7 Å². The van der Waals surface area contributed by atoms with Crippen LogP contribution in [0.1, 0.15) is 27.6 Å². The Bertz CT molecular complexity index is 1070. The SMILES string of the molecule is O=C(Nc1ccc(C2OCC(=O)N(Cc3ccc(F)cc3)C2CO)cc1)c1ccccc1. The summed E-state index contributed by atoms with van der Waals surface area (Å²) in [5, 5.41) is 12.9. The molecule has 32 heavy (non-hydrogen) atoms. The van der Waals surface area contributed by atoms with Crippen LogP contribution >= 0.6 is 0 Å². The van der Waals surface area contributed by atoms with Crippen LogP contribution in [0.5, 0.6) is 0 Å². The van der Waals surface area contributed by atoms with Crippen molar-refractivity contribution in [3.05, 3.63) is 101 Å². The molecule has 164 valence electrons. The van der Waals surface area contributed by atoms with Gasteiger partial charge in [0, 0.05) is 17.8 Å². The third-order valence-electron chi connectivity index (χ3n) is 5.44. The fraction of sp³-hybridized carbons (Fsp3) is 0.200. The number of ether oxygens (including phenoxy) is 1. The van der Waals surface area contributed by atoms with E-state index in [4.69, 9.17) is 4.74 Å². The monoisotopic (exact) mass is 434 g/mol. The predicted molar refractivity (Wildman–Crippen MR) is 117 cm³/mol. The molecule has 1 aliphatic rings. The van der Waals surface area contributed by atoms with Crippen LogP contribution in [0.2, 0.25) is 0 Å². The molecular weight excluding hydrogens is 411 g/mol. The lowest BCUT2D eigenvalue weighted by molar-refractivity contribution is -0.162. The third kappa shape index (κ3) is 4.85. The van der Waals surface area contributed by atoms with Crippen LogP contribution in [-0.4, -0.2) is 41.1 Å². The summed E-state index contributed by atoms with van der Waals surface area (Å²) in [4.78, 5) is 26.4. The minimum Gasteiger partial charge on any atom is -0.394 e.